The molecule has 3 rings (SSSR count). The maximum atomic E-state index is 11.4. The van der Waals surface area contributed by atoms with Gasteiger partial charge in [-0.1, -0.05) is 18.2 Å². The fourth-order valence-electron chi connectivity index (χ4n) is 2.61. The monoisotopic (exact) mass is 357 g/mol. The molecule has 1 aromatic heterocycles. The van der Waals surface area contributed by atoms with Crippen LogP contribution in [0.25, 0.3) is 12.2 Å². The number of nitro groups is 1. The van der Waals surface area contributed by atoms with Crippen LogP contribution in [0.3, 0.4) is 0 Å². The number of aromatic nitrogens is 2. The molecule has 0 spiro atoms. The van der Waals surface area contributed by atoms with Crippen LogP contribution in [0.1, 0.15) is 11.4 Å². The molecule has 0 saturated carbocycles. The summed E-state index contributed by atoms with van der Waals surface area (Å²) in [5.74, 6) is 1.14. The van der Waals surface area contributed by atoms with Crippen molar-refractivity contribution in [3.8, 4) is 5.75 Å². The third-order valence-corrected chi connectivity index (χ3v) is 3.94. The van der Waals surface area contributed by atoms with Crippen molar-refractivity contribution in [1.29, 1.82) is 0 Å². The van der Waals surface area contributed by atoms with Crippen LogP contribution in [-0.2, 0) is 4.74 Å². The minimum absolute atomic E-state index is 0.152. The molecule has 0 radical (unpaired) electrons. The number of hydrogen-bond donors (Lipinski definition) is 1. The maximum absolute atomic E-state index is 11.4. The lowest BCUT2D eigenvalue weighted by atomic mass is 10.2. The maximum Gasteiger partial charge on any atom is 0.353 e. The third-order valence-electron chi connectivity index (χ3n) is 3.94. The van der Waals surface area contributed by atoms with Crippen molar-refractivity contribution in [3.05, 3.63) is 45.8 Å². The van der Waals surface area contributed by atoms with Crippen LogP contribution in [0, 0.1) is 10.1 Å². The predicted molar refractivity (Wildman–Crippen MR) is 98.1 cm³/mol. The van der Waals surface area contributed by atoms with Crippen molar-refractivity contribution < 1.29 is 14.4 Å². The molecule has 2 N–H and O–H groups in total. The first-order valence-electron chi connectivity index (χ1n) is 8.05. The molecule has 2 aromatic rings. The Morgan fingerprint density at radius 2 is 1.92 bits per heavy atom. The second kappa shape index (κ2) is 7.79. The lowest BCUT2D eigenvalue weighted by Crippen LogP contribution is -2.37. The van der Waals surface area contributed by atoms with Crippen molar-refractivity contribution in [2.45, 2.75) is 0 Å². The summed E-state index contributed by atoms with van der Waals surface area (Å²) in [6.45, 7) is 1.99. The standard InChI is InChI=1S/C17H19N5O4/c1-25-13-5-2-12(3-6-13)4-7-14-19-16(18)15(22(23)24)17(20-14)21-8-10-26-11-9-21/h2-7H,8-11H2,1H3,(H2,18,19,20). The topological polar surface area (TPSA) is 117 Å². The van der Waals surface area contributed by atoms with Gasteiger partial charge in [0.05, 0.1) is 25.2 Å². The molecular formula is C17H19N5O4. The minimum Gasteiger partial charge on any atom is -0.497 e. The predicted octanol–water partition coefficient (Wildman–Crippen LogP) is 1.98. The fraction of sp³-hybridized carbons (Fsp3) is 0.294. The van der Waals surface area contributed by atoms with E-state index in [0.29, 0.717) is 32.1 Å². The number of anilines is 2. The van der Waals surface area contributed by atoms with Crippen LogP contribution in [-0.4, -0.2) is 48.3 Å². The van der Waals surface area contributed by atoms with Crippen LogP contribution in [0.15, 0.2) is 24.3 Å². The minimum atomic E-state index is -0.545. The molecule has 26 heavy (non-hydrogen) atoms. The molecule has 9 heteroatoms. The SMILES string of the molecule is COc1ccc(C=Cc2nc(N)c([N+](=O)[O-])c(N3CCOCC3)n2)cc1. The molecular weight excluding hydrogens is 338 g/mol. The van der Waals surface area contributed by atoms with E-state index >= 15 is 0 Å². The van der Waals surface area contributed by atoms with Gasteiger partial charge in [-0.25, -0.2) is 9.97 Å². The summed E-state index contributed by atoms with van der Waals surface area (Å²) in [7, 11) is 1.60. The van der Waals surface area contributed by atoms with Crippen LogP contribution in [0.4, 0.5) is 17.3 Å². The van der Waals surface area contributed by atoms with E-state index in [4.69, 9.17) is 15.2 Å². The number of methoxy groups -OCH3 is 1. The molecule has 1 aromatic carbocycles. The van der Waals surface area contributed by atoms with Gasteiger partial charge in [0.1, 0.15) is 5.75 Å². The van der Waals surface area contributed by atoms with Gasteiger partial charge in [-0.15, -0.1) is 0 Å². The van der Waals surface area contributed by atoms with Crippen LogP contribution in [0.2, 0.25) is 0 Å². The van der Waals surface area contributed by atoms with Crippen molar-refractivity contribution in [3.63, 3.8) is 0 Å². The summed E-state index contributed by atoms with van der Waals surface area (Å²) in [5, 5.41) is 11.4. The number of ether oxygens (including phenoxy) is 2. The Kier molecular flexibility index (Phi) is 5.28. The highest BCUT2D eigenvalue weighted by Crippen LogP contribution is 2.31. The molecule has 0 atom stereocenters. The Morgan fingerprint density at radius 3 is 2.54 bits per heavy atom. The molecule has 9 nitrogen and oxygen atoms in total. The lowest BCUT2D eigenvalue weighted by Gasteiger charge is -2.27. The first-order chi connectivity index (χ1) is 12.6. The number of benzene rings is 1. The molecule has 0 aliphatic carbocycles. The molecule has 0 unspecified atom stereocenters. The number of hydrogen-bond acceptors (Lipinski definition) is 8. The summed E-state index contributed by atoms with van der Waals surface area (Å²) in [5.41, 5.74) is 6.48. The third kappa shape index (κ3) is 3.89. The van der Waals surface area contributed by atoms with E-state index in [-0.39, 0.29) is 17.3 Å². The van der Waals surface area contributed by atoms with E-state index in [2.05, 4.69) is 9.97 Å². The molecule has 0 amide bonds. The van der Waals surface area contributed by atoms with E-state index in [1.807, 2.05) is 30.3 Å². The highest BCUT2D eigenvalue weighted by Gasteiger charge is 2.27. The van der Waals surface area contributed by atoms with Crippen molar-refractivity contribution >= 4 is 29.5 Å². The summed E-state index contributed by atoms with van der Waals surface area (Å²) in [6.07, 6.45) is 3.48. The molecule has 1 aliphatic heterocycles. The van der Waals surface area contributed by atoms with Gasteiger partial charge in [0.2, 0.25) is 11.6 Å². The van der Waals surface area contributed by atoms with E-state index in [9.17, 15) is 10.1 Å². The van der Waals surface area contributed by atoms with Crippen LogP contribution < -0.4 is 15.4 Å². The zero-order valence-corrected chi connectivity index (χ0v) is 14.3. The summed E-state index contributed by atoms with van der Waals surface area (Å²) >= 11 is 0. The van der Waals surface area contributed by atoms with Crippen LogP contribution in [0.5, 0.6) is 5.75 Å². The van der Waals surface area contributed by atoms with Crippen molar-refractivity contribution in [2.75, 3.05) is 44.0 Å². The normalized spacial score (nSPS) is 14.6. The van der Waals surface area contributed by atoms with Gasteiger partial charge in [0.25, 0.3) is 0 Å². The average Bonchev–Trinajstić information content (AvgIpc) is 2.66. The Bertz CT molecular complexity index is 817. The summed E-state index contributed by atoms with van der Waals surface area (Å²) in [6, 6.07) is 7.44. The fourth-order valence-corrected chi connectivity index (χ4v) is 2.61. The van der Waals surface area contributed by atoms with Gasteiger partial charge in [-0.05, 0) is 23.8 Å². The number of rotatable bonds is 5. The van der Waals surface area contributed by atoms with E-state index < -0.39 is 4.92 Å². The van der Waals surface area contributed by atoms with Gasteiger partial charge in [0.15, 0.2) is 5.82 Å². The summed E-state index contributed by atoms with van der Waals surface area (Å²) in [4.78, 5) is 21.1. The number of nitrogens with zero attached hydrogens (tertiary/aromatic N) is 4. The highest BCUT2D eigenvalue weighted by molar-refractivity contribution is 5.73. The smallest absolute Gasteiger partial charge is 0.353 e. The number of nitrogen functional groups attached to an aromatic ring is 1. The molecule has 136 valence electrons. The second-order valence-corrected chi connectivity index (χ2v) is 5.60. The molecule has 1 saturated heterocycles. The zero-order valence-electron chi connectivity index (χ0n) is 14.3. The van der Waals surface area contributed by atoms with E-state index in [1.165, 1.54) is 0 Å². The Morgan fingerprint density at radius 1 is 1.23 bits per heavy atom. The molecule has 1 aliphatic rings. The Hall–Kier alpha value is -3.20. The highest BCUT2D eigenvalue weighted by atomic mass is 16.6. The van der Waals surface area contributed by atoms with Gasteiger partial charge in [-0.3, -0.25) is 10.1 Å². The van der Waals surface area contributed by atoms with Crippen molar-refractivity contribution in [1.82, 2.24) is 9.97 Å². The van der Waals surface area contributed by atoms with Gasteiger partial charge >= 0.3 is 5.69 Å². The Balaban J connectivity index is 1.92. The quantitative estimate of drug-likeness (QED) is 0.638. The zero-order chi connectivity index (χ0) is 18.5. The Labute approximate surface area is 150 Å². The molecule has 2 heterocycles. The van der Waals surface area contributed by atoms with E-state index in [0.717, 1.165) is 11.3 Å². The van der Waals surface area contributed by atoms with E-state index in [1.54, 1.807) is 18.1 Å². The van der Waals surface area contributed by atoms with Gasteiger partial charge in [0, 0.05) is 13.1 Å². The number of nitrogens with two attached hydrogens (primary N) is 1. The van der Waals surface area contributed by atoms with Crippen molar-refractivity contribution in [2.24, 2.45) is 0 Å². The first-order valence-corrected chi connectivity index (χ1v) is 8.05. The summed E-state index contributed by atoms with van der Waals surface area (Å²) < 4.78 is 10.4. The number of morpholine rings is 1. The first kappa shape index (κ1) is 17.6. The molecule has 1 fully saturated rings. The largest absolute Gasteiger partial charge is 0.497 e. The lowest BCUT2D eigenvalue weighted by molar-refractivity contribution is -0.383. The van der Waals surface area contributed by atoms with Gasteiger partial charge < -0.3 is 20.1 Å². The van der Waals surface area contributed by atoms with Crippen LogP contribution >= 0.6 is 0 Å². The second-order valence-electron chi connectivity index (χ2n) is 5.60. The molecule has 0 bridgehead atoms. The average molecular weight is 357 g/mol. The van der Waals surface area contributed by atoms with Gasteiger partial charge in [-0.2, -0.15) is 0 Å².